The summed E-state index contributed by atoms with van der Waals surface area (Å²) in [6.45, 7) is 0.387. The highest BCUT2D eigenvalue weighted by molar-refractivity contribution is 5.99. The number of nitrogens with one attached hydrogen (secondary N) is 2. The van der Waals surface area contributed by atoms with Gasteiger partial charge in [0.25, 0.3) is 5.91 Å². The van der Waals surface area contributed by atoms with Crippen LogP contribution in [0.1, 0.15) is 48.0 Å². The maximum Gasteiger partial charge on any atom is 0.253 e. The Morgan fingerprint density at radius 3 is 2.69 bits per heavy atom. The molecule has 2 aromatic rings. The molecule has 26 heavy (non-hydrogen) atoms. The molecule has 3 rings (SSSR count). The number of rotatable bonds is 5. The maximum atomic E-state index is 12.2. The molecule has 1 aromatic heterocycles. The fourth-order valence-corrected chi connectivity index (χ4v) is 3.05. The number of hydrogen-bond acceptors (Lipinski definition) is 3. The van der Waals surface area contributed by atoms with E-state index in [1.807, 2.05) is 24.3 Å². The van der Waals surface area contributed by atoms with Crippen molar-refractivity contribution in [3.05, 3.63) is 71.6 Å². The molecule has 2 amide bonds. The number of hydrogen-bond donors (Lipinski definition) is 2. The van der Waals surface area contributed by atoms with Gasteiger partial charge in [0.15, 0.2) is 0 Å². The first-order chi connectivity index (χ1) is 12.7. The van der Waals surface area contributed by atoms with Crippen LogP contribution in [0.2, 0.25) is 0 Å². The second-order valence-corrected chi connectivity index (χ2v) is 6.48. The molecule has 5 heteroatoms. The lowest BCUT2D eigenvalue weighted by molar-refractivity contribution is -0.112. The fraction of sp³-hybridized carbons (Fsp3) is 0.286. The topological polar surface area (TPSA) is 71.1 Å². The van der Waals surface area contributed by atoms with E-state index < -0.39 is 0 Å². The van der Waals surface area contributed by atoms with Gasteiger partial charge < -0.3 is 10.6 Å². The number of pyridine rings is 1. The second kappa shape index (κ2) is 8.94. The van der Waals surface area contributed by atoms with Crippen LogP contribution in [0.25, 0.3) is 0 Å². The van der Waals surface area contributed by atoms with Crippen molar-refractivity contribution in [3.63, 3.8) is 0 Å². The summed E-state index contributed by atoms with van der Waals surface area (Å²) in [5.41, 5.74) is 3.41. The minimum Gasteiger partial charge on any atom is -0.348 e. The van der Waals surface area contributed by atoms with E-state index in [1.165, 1.54) is 31.0 Å². The van der Waals surface area contributed by atoms with E-state index in [0.717, 1.165) is 24.1 Å². The van der Waals surface area contributed by atoms with Crippen LogP contribution in [0.5, 0.6) is 0 Å². The van der Waals surface area contributed by atoms with Gasteiger partial charge in [-0.25, -0.2) is 0 Å². The highest BCUT2D eigenvalue weighted by Gasteiger charge is 2.08. The number of carbonyl (C=O) groups excluding carboxylic acids is 2. The number of anilines is 1. The normalized spacial score (nSPS) is 13.8. The molecule has 134 valence electrons. The lowest BCUT2D eigenvalue weighted by Gasteiger charge is -2.13. The van der Waals surface area contributed by atoms with Gasteiger partial charge >= 0.3 is 0 Å². The van der Waals surface area contributed by atoms with Crippen molar-refractivity contribution in [2.45, 2.75) is 38.6 Å². The molecular formula is C21H23N3O2. The molecule has 0 unspecified atom stereocenters. The van der Waals surface area contributed by atoms with E-state index in [2.05, 4.69) is 15.6 Å². The number of benzene rings is 1. The predicted octanol–water partition coefficient (Wildman–Crippen LogP) is 3.84. The molecular weight excluding hydrogens is 326 g/mol. The first-order valence-electron chi connectivity index (χ1n) is 8.98. The van der Waals surface area contributed by atoms with Crippen LogP contribution in [-0.4, -0.2) is 16.8 Å². The highest BCUT2D eigenvalue weighted by atomic mass is 16.2. The average Bonchev–Trinajstić information content (AvgIpc) is 2.68. The molecule has 0 aliphatic heterocycles. The third-order valence-electron chi connectivity index (χ3n) is 4.40. The van der Waals surface area contributed by atoms with Gasteiger partial charge in [-0.2, -0.15) is 0 Å². The quantitative estimate of drug-likeness (QED) is 0.806. The van der Waals surface area contributed by atoms with E-state index in [9.17, 15) is 9.59 Å². The average molecular weight is 349 g/mol. The van der Waals surface area contributed by atoms with Gasteiger partial charge in [-0.3, -0.25) is 14.6 Å². The molecule has 0 atom stereocenters. The number of aromatic nitrogens is 1. The summed E-state index contributed by atoms with van der Waals surface area (Å²) in [6.07, 6.45) is 10.5. The number of amides is 2. The minimum atomic E-state index is -0.172. The maximum absolute atomic E-state index is 12.2. The van der Waals surface area contributed by atoms with Crippen molar-refractivity contribution >= 4 is 17.5 Å². The van der Waals surface area contributed by atoms with Crippen LogP contribution in [-0.2, 0) is 11.3 Å². The van der Waals surface area contributed by atoms with E-state index >= 15 is 0 Å². The fourth-order valence-electron chi connectivity index (χ4n) is 3.05. The number of carbonyl (C=O) groups is 2. The lowest BCUT2D eigenvalue weighted by atomic mass is 9.94. The van der Waals surface area contributed by atoms with Crippen LogP contribution < -0.4 is 10.6 Å². The van der Waals surface area contributed by atoms with Crippen molar-refractivity contribution in [1.29, 1.82) is 0 Å². The summed E-state index contributed by atoms with van der Waals surface area (Å²) in [6, 6.07) is 11.0. The minimum absolute atomic E-state index is 0.0848. The van der Waals surface area contributed by atoms with Crippen molar-refractivity contribution in [1.82, 2.24) is 10.3 Å². The molecule has 1 fully saturated rings. The first kappa shape index (κ1) is 17.9. The van der Waals surface area contributed by atoms with Gasteiger partial charge in [0.1, 0.15) is 0 Å². The Balaban J connectivity index is 1.56. The molecule has 0 spiro atoms. The summed E-state index contributed by atoms with van der Waals surface area (Å²) in [4.78, 5) is 28.2. The van der Waals surface area contributed by atoms with Crippen LogP contribution in [0.4, 0.5) is 5.69 Å². The van der Waals surface area contributed by atoms with Crippen LogP contribution in [0.15, 0.2) is 60.4 Å². The molecule has 1 aliphatic rings. The zero-order valence-electron chi connectivity index (χ0n) is 14.7. The van der Waals surface area contributed by atoms with Crippen LogP contribution >= 0.6 is 0 Å². The van der Waals surface area contributed by atoms with Gasteiger partial charge in [-0.05, 0) is 55.5 Å². The Morgan fingerprint density at radius 2 is 1.92 bits per heavy atom. The van der Waals surface area contributed by atoms with Crippen molar-refractivity contribution in [2.24, 2.45) is 0 Å². The van der Waals surface area contributed by atoms with Gasteiger partial charge in [-0.1, -0.05) is 24.1 Å². The molecule has 1 heterocycles. The van der Waals surface area contributed by atoms with E-state index in [0.29, 0.717) is 12.1 Å². The van der Waals surface area contributed by atoms with Crippen molar-refractivity contribution in [3.8, 4) is 0 Å². The largest absolute Gasteiger partial charge is 0.348 e. The van der Waals surface area contributed by atoms with Gasteiger partial charge in [0.05, 0.1) is 5.56 Å². The monoisotopic (exact) mass is 349 g/mol. The number of allylic oxidation sites excluding steroid dienone is 1. The summed E-state index contributed by atoms with van der Waals surface area (Å²) in [5, 5.41) is 5.77. The Bertz CT molecular complexity index is 792. The smallest absolute Gasteiger partial charge is 0.253 e. The predicted molar refractivity (Wildman–Crippen MR) is 102 cm³/mol. The standard InChI is InChI=1S/C21H23N3O2/c25-20(13-16-6-2-1-3-7-16)24-19-10-4-8-17(12-19)14-23-21(26)18-9-5-11-22-15-18/h4-5,8-13,15H,1-3,6-7,14H2,(H,23,26)(H,24,25). The van der Waals surface area contributed by atoms with Gasteiger partial charge in [0, 0.05) is 30.7 Å². The van der Waals surface area contributed by atoms with Crippen molar-refractivity contribution in [2.75, 3.05) is 5.32 Å². The molecule has 5 nitrogen and oxygen atoms in total. The molecule has 0 bridgehead atoms. The zero-order chi connectivity index (χ0) is 18.2. The summed E-state index contributed by atoms with van der Waals surface area (Å²) >= 11 is 0. The lowest BCUT2D eigenvalue weighted by Crippen LogP contribution is -2.22. The Morgan fingerprint density at radius 1 is 1.08 bits per heavy atom. The molecule has 0 saturated heterocycles. The third-order valence-corrected chi connectivity index (χ3v) is 4.40. The van der Waals surface area contributed by atoms with E-state index in [1.54, 1.807) is 24.4 Å². The summed E-state index contributed by atoms with van der Waals surface area (Å²) in [5.74, 6) is -0.256. The molecule has 0 radical (unpaired) electrons. The van der Waals surface area contributed by atoms with Crippen LogP contribution in [0, 0.1) is 0 Å². The zero-order valence-corrected chi connectivity index (χ0v) is 14.7. The van der Waals surface area contributed by atoms with E-state index in [-0.39, 0.29) is 11.8 Å². The molecule has 2 N–H and O–H groups in total. The summed E-state index contributed by atoms with van der Waals surface area (Å²) in [7, 11) is 0. The molecule has 1 aromatic carbocycles. The molecule has 1 aliphatic carbocycles. The second-order valence-electron chi connectivity index (χ2n) is 6.48. The Kier molecular flexibility index (Phi) is 6.14. The SMILES string of the molecule is O=C(C=C1CCCCC1)Nc1cccc(CNC(=O)c2cccnc2)c1. The van der Waals surface area contributed by atoms with Gasteiger partial charge in [0.2, 0.25) is 5.91 Å². The van der Waals surface area contributed by atoms with Crippen LogP contribution in [0.3, 0.4) is 0 Å². The number of nitrogens with zero attached hydrogens (tertiary/aromatic N) is 1. The Labute approximate surface area is 153 Å². The van der Waals surface area contributed by atoms with Gasteiger partial charge in [-0.15, -0.1) is 0 Å². The molecule has 1 saturated carbocycles. The first-order valence-corrected chi connectivity index (χ1v) is 8.98. The van der Waals surface area contributed by atoms with Crippen molar-refractivity contribution < 1.29 is 9.59 Å². The summed E-state index contributed by atoms with van der Waals surface area (Å²) < 4.78 is 0. The highest BCUT2D eigenvalue weighted by Crippen LogP contribution is 2.22. The third kappa shape index (κ3) is 5.28. The Hall–Kier alpha value is -2.95. The van der Waals surface area contributed by atoms with E-state index in [4.69, 9.17) is 0 Å².